The summed E-state index contributed by atoms with van der Waals surface area (Å²) in [6.45, 7) is 1.94. The predicted molar refractivity (Wildman–Crippen MR) is 82.5 cm³/mol. The maximum absolute atomic E-state index is 12.9. The Kier molecular flexibility index (Phi) is 5.30. The van der Waals surface area contributed by atoms with Gasteiger partial charge in [0, 0.05) is 16.1 Å². The molecule has 0 aliphatic rings. The first-order valence-electron chi connectivity index (χ1n) is 6.63. The van der Waals surface area contributed by atoms with Gasteiger partial charge in [-0.05, 0) is 37.3 Å². The number of benzene rings is 1. The van der Waals surface area contributed by atoms with Crippen molar-refractivity contribution in [2.24, 2.45) is 0 Å². The van der Waals surface area contributed by atoms with E-state index < -0.39 is 17.7 Å². The second-order valence-electron chi connectivity index (χ2n) is 4.48. The van der Waals surface area contributed by atoms with Gasteiger partial charge in [-0.15, -0.1) is 0 Å². The first-order chi connectivity index (χ1) is 10.8. The Hall–Kier alpha value is -2.02. The van der Waals surface area contributed by atoms with Gasteiger partial charge in [0.15, 0.2) is 0 Å². The molecule has 1 aromatic heterocycles. The van der Waals surface area contributed by atoms with Gasteiger partial charge in [0.25, 0.3) is 0 Å². The maximum Gasteiger partial charge on any atom is 0.417 e. The van der Waals surface area contributed by atoms with Crippen molar-refractivity contribution in [1.82, 2.24) is 0 Å². The molecule has 0 atom stereocenters. The highest BCUT2D eigenvalue weighted by atomic mass is 79.9. The third kappa shape index (κ3) is 4.48. The van der Waals surface area contributed by atoms with E-state index in [1.165, 1.54) is 30.4 Å². The van der Waals surface area contributed by atoms with E-state index in [9.17, 15) is 18.0 Å². The van der Waals surface area contributed by atoms with Gasteiger partial charge in [0.05, 0.1) is 12.2 Å². The van der Waals surface area contributed by atoms with Crippen molar-refractivity contribution in [2.75, 3.05) is 6.61 Å². The van der Waals surface area contributed by atoms with E-state index in [2.05, 4.69) is 15.9 Å². The molecule has 0 N–H and O–H groups in total. The molecule has 0 fully saturated rings. The second kappa shape index (κ2) is 7.04. The lowest BCUT2D eigenvalue weighted by Crippen LogP contribution is -2.05. The van der Waals surface area contributed by atoms with Crippen LogP contribution in [0.25, 0.3) is 17.4 Å². The zero-order valence-corrected chi connectivity index (χ0v) is 13.6. The summed E-state index contributed by atoms with van der Waals surface area (Å²) in [6.07, 6.45) is -1.88. The molecule has 7 heteroatoms. The van der Waals surface area contributed by atoms with E-state index in [-0.39, 0.29) is 22.4 Å². The highest BCUT2D eigenvalue weighted by Crippen LogP contribution is 2.37. The van der Waals surface area contributed by atoms with Gasteiger partial charge in [0.2, 0.25) is 0 Å². The average molecular weight is 389 g/mol. The van der Waals surface area contributed by atoms with Crippen LogP contribution in [0.15, 0.2) is 45.3 Å². The Balaban J connectivity index is 2.26. The minimum Gasteiger partial charge on any atom is -0.463 e. The van der Waals surface area contributed by atoms with E-state index in [0.29, 0.717) is 5.76 Å². The van der Waals surface area contributed by atoms with Crippen LogP contribution in [0.5, 0.6) is 0 Å². The first kappa shape index (κ1) is 17.3. The normalized spacial score (nSPS) is 11.9. The van der Waals surface area contributed by atoms with Gasteiger partial charge < -0.3 is 9.15 Å². The number of furan rings is 1. The fourth-order valence-corrected chi connectivity index (χ4v) is 2.31. The number of hydrogen-bond acceptors (Lipinski definition) is 3. The predicted octanol–water partition coefficient (Wildman–Crippen LogP) is 5.30. The number of rotatable bonds is 4. The van der Waals surface area contributed by atoms with Gasteiger partial charge in [-0.25, -0.2) is 4.79 Å². The molecule has 0 unspecified atom stereocenters. The summed E-state index contributed by atoms with van der Waals surface area (Å²) in [5.74, 6) is 0.0875. The van der Waals surface area contributed by atoms with Crippen molar-refractivity contribution >= 4 is 28.0 Å². The Labute approximate surface area is 138 Å². The molecule has 1 heterocycles. The van der Waals surface area contributed by atoms with Crippen molar-refractivity contribution in [2.45, 2.75) is 13.1 Å². The number of halogens is 4. The zero-order chi connectivity index (χ0) is 17.0. The van der Waals surface area contributed by atoms with Gasteiger partial charge in [0.1, 0.15) is 11.5 Å². The van der Waals surface area contributed by atoms with Crippen LogP contribution in [-0.4, -0.2) is 12.6 Å². The van der Waals surface area contributed by atoms with Crippen LogP contribution in [0.2, 0.25) is 0 Å². The molecule has 0 spiro atoms. The topological polar surface area (TPSA) is 39.4 Å². The number of carbonyl (C=O) groups excluding carboxylic acids is 1. The molecular formula is C16H12BrF3O3. The lowest BCUT2D eigenvalue weighted by molar-refractivity contribution is -0.138. The summed E-state index contributed by atoms with van der Waals surface area (Å²) in [4.78, 5) is 11.2. The Morgan fingerprint density at radius 2 is 2.04 bits per heavy atom. The van der Waals surface area contributed by atoms with Crippen LogP contribution in [0.4, 0.5) is 13.2 Å². The first-order valence-corrected chi connectivity index (χ1v) is 7.42. The molecule has 2 aromatic rings. The van der Waals surface area contributed by atoms with Crippen molar-refractivity contribution < 1.29 is 27.1 Å². The molecular weight excluding hydrogens is 377 g/mol. The van der Waals surface area contributed by atoms with E-state index >= 15 is 0 Å². The lowest BCUT2D eigenvalue weighted by atomic mass is 10.1. The number of esters is 1. The van der Waals surface area contributed by atoms with Gasteiger partial charge >= 0.3 is 12.1 Å². The number of ether oxygens (including phenoxy) is 1. The number of hydrogen-bond donors (Lipinski definition) is 0. The van der Waals surface area contributed by atoms with E-state index in [1.54, 1.807) is 13.0 Å². The molecule has 0 aliphatic heterocycles. The van der Waals surface area contributed by atoms with Crippen LogP contribution >= 0.6 is 15.9 Å². The van der Waals surface area contributed by atoms with Gasteiger partial charge in [-0.2, -0.15) is 13.2 Å². The summed E-state index contributed by atoms with van der Waals surface area (Å²) in [6, 6.07) is 6.92. The van der Waals surface area contributed by atoms with Crippen LogP contribution < -0.4 is 0 Å². The summed E-state index contributed by atoms with van der Waals surface area (Å²) in [5.41, 5.74) is -0.494. The molecule has 1 aromatic carbocycles. The Morgan fingerprint density at radius 3 is 2.70 bits per heavy atom. The van der Waals surface area contributed by atoms with E-state index in [0.717, 1.165) is 6.07 Å². The number of carbonyl (C=O) groups is 1. The molecule has 0 amide bonds. The molecule has 2 rings (SSSR count). The van der Waals surface area contributed by atoms with Gasteiger partial charge in [-0.1, -0.05) is 22.0 Å². The standard InChI is InChI=1S/C16H12BrF3O3/c1-2-22-15(21)8-5-11-4-7-14(23-11)10-3-6-13(17)12(9-10)16(18,19)20/h3-9H,2H2,1H3/b8-5+. The molecule has 0 saturated heterocycles. The minimum atomic E-state index is -4.46. The average Bonchev–Trinajstić information content (AvgIpc) is 2.93. The SMILES string of the molecule is CCOC(=O)/C=C/c1ccc(-c2ccc(Br)c(C(F)(F)F)c2)o1. The van der Waals surface area contributed by atoms with Gasteiger partial charge in [-0.3, -0.25) is 0 Å². The van der Waals surface area contributed by atoms with Crippen molar-refractivity contribution in [1.29, 1.82) is 0 Å². The maximum atomic E-state index is 12.9. The Bertz CT molecular complexity index is 732. The molecule has 0 radical (unpaired) electrons. The van der Waals surface area contributed by atoms with Crippen LogP contribution in [0.1, 0.15) is 18.2 Å². The summed E-state index contributed by atoms with van der Waals surface area (Å²) in [5, 5.41) is 0. The summed E-state index contributed by atoms with van der Waals surface area (Å²) >= 11 is 2.89. The molecule has 0 aliphatic carbocycles. The fourth-order valence-electron chi connectivity index (χ4n) is 1.83. The highest BCUT2D eigenvalue weighted by molar-refractivity contribution is 9.10. The van der Waals surface area contributed by atoms with E-state index in [1.807, 2.05) is 0 Å². The molecule has 3 nitrogen and oxygen atoms in total. The molecule has 0 bridgehead atoms. The van der Waals surface area contributed by atoms with Crippen molar-refractivity contribution in [3.63, 3.8) is 0 Å². The third-order valence-electron chi connectivity index (χ3n) is 2.85. The highest BCUT2D eigenvalue weighted by Gasteiger charge is 2.33. The summed E-state index contributed by atoms with van der Waals surface area (Å²) in [7, 11) is 0. The van der Waals surface area contributed by atoms with Crippen LogP contribution in [0.3, 0.4) is 0 Å². The largest absolute Gasteiger partial charge is 0.463 e. The van der Waals surface area contributed by atoms with E-state index in [4.69, 9.17) is 9.15 Å². The fraction of sp³-hybridized carbons (Fsp3) is 0.188. The lowest BCUT2D eigenvalue weighted by Gasteiger charge is -2.10. The summed E-state index contributed by atoms with van der Waals surface area (Å²) < 4.78 is 48.8. The Morgan fingerprint density at radius 1 is 1.30 bits per heavy atom. The second-order valence-corrected chi connectivity index (χ2v) is 5.33. The third-order valence-corrected chi connectivity index (χ3v) is 3.54. The smallest absolute Gasteiger partial charge is 0.417 e. The minimum absolute atomic E-state index is 0.0391. The number of alkyl halides is 3. The zero-order valence-electron chi connectivity index (χ0n) is 12.0. The molecule has 122 valence electrons. The van der Waals surface area contributed by atoms with Crippen LogP contribution in [-0.2, 0) is 15.7 Å². The quantitative estimate of drug-likeness (QED) is 0.526. The van der Waals surface area contributed by atoms with Crippen LogP contribution in [0, 0.1) is 0 Å². The van der Waals surface area contributed by atoms with Crippen molar-refractivity contribution in [3.05, 3.63) is 52.2 Å². The molecule has 0 saturated carbocycles. The monoisotopic (exact) mass is 388 g/mol. The molecule has 23 heavy (non-hydrogen) atoms. The van der Waals surface area contributed by atoms with Crippen molar-refractivity contribution in [3.8, 4) is 11.3 Å².